The number of nitrogens with zero attached hydrogens (tertiary/aromatic N) is 2. The van der Waals surface area contributed by atoms with E-state index in [2.05, 4.69) is 57.9 Å². The van der Waals surface area contributed by atoms with E-state index in [4.69, 9.17) is 10.1 Å². The molecule has 0 saturated carbocycles. The lowest BCUT2D eigenvalue weighted by Gasteiger charge is -2.13. The maximum atomic E-state index is 11.8. The minimum absolute atomic E-state index is 0.0564. The summed E-state index contributed by atoms with van der Waals surface area (Å²) in [6, 6.07) is 8.64. The van der Waals surface area contributed by atoms with Crippen LogP contribution in [0, 0.1) is 11.5 Å². The Morgan fingerprint density at radius 1 is 1.40 bits per heavy atom. The Hall–Kier alpha value is -2.18. The highest BCUT2D eigenvalue weighted by Crippen LogP contribution is 2.27. The zero-order valence-electron chi connectivity index (χ0n) is 14.3. The van der Waals surface area contributed by atoms with Crippen LogP contribution in [0.1, 0.15) is 35.9 Å². The molecule has 0 radical (unpaired) electrons. The SMILES string of the molecule is CN1CC(c2ccc(C3CC(NC(=O)CCNC#N)ON3)cc2)CN1. The van der Waals surface area contributed by atoms with Crippen LogP contribution in [0.4, 0.5) is 0 Å². The number of carbonyl (C=O) groups excluding carboxylic acids is 1. The molecule has 2 aliphatic rings. The lowest BCUT2D eigenvalue weighted by molar-refractivity contribution is -0.125. The summed E-state index contributed by atoms with van der Waals surface area (Å²) in [5.41, 5.74) is 8.78. The van der Waals surface area contributed by atoms with Gasteiger partial charge in [-0.2, -0.15) is 10.7 Å². The Balaban J connectivity index is 1.48. The van der Waals surface area contributed by atoms with Crippen molar-refractivity contribution in [1.82, 2.24) is 26.5 Å². The van der Waals surface area contributed by atoms with Gasteiger partial charge in [0.2, 0.25) is 5.91 Å². The summed E-state index contributed by atoms with van der Waals surface area (Å²) in [7, 11) is 2.05. The topological polar surface area (TPSA) is 101 Å². The highest BCUT2D eigenvalue weighted by Gasteiger charge is 2.28. The van der Waals surface area contributed by atoms with Gasteiger partial charge in [0, 0.05) is 45.4 Å². The summed E-state index contributed by atoms with van der Waals surface area (Å²) < 4.78 is 0. The third kappa shape index (κ3) is 4.67. The fourth-order valence-electron chi connectivity index (χ4n) is 3.20. The fourth-order valence-corrected chi connectivity index (χ4v) is 3.20. The van der Waals surface area contributed by atoms with Gasteiger partial charge in [0.15, 0.2) is 12.4 Å². The number of carbonyl (C=O) groups is 1. The van der Waals surface area contributed by atoms with Crippen LogP contribution in [0.2, 0.25) is 0 Å². The summed E-state index contributed by atoms with van der Waals surface area (Å²) in [5.74, 6) is 0.379. The van der Waals surface area contributed by atoms with Crippen LogP contribution in [0.3, 0.4) is 0 Å². The van der Waals surface area contributed by atoms with Crippen LogP contribution in [0.15, 0.2) is 24.3 Å². The van der Waals surface area contributed by atoms with Crippen molar-refractivity contribution < 1.29 is 9.63 Å². The Bertz CT molecular complexity index is 629. The maximum absolute atomic E-state index is 11.8. The van der Waals surface area contributed by atoms with E-state index < -0.39 is 0 Å². The molecule has 2 fully saturated rings. The van der Waals surface area contributed by atoms with E-state index in [0.29, 0.717) is 18.9 Å². The van der Waals surface area contributed by atoms with E-state index in [-0.39, 0.29) is 24.6 Å². The van der Waals surface area contributed by atoms with E-state index >= 15 is 0 Å². The number of hydrogen-bond acceptors (Lipinski definition) is 7. The first-order valence-corrected chi connectivity index (χ1v) is 8.52. The standard InChI is InChI=1S/C17H24N6O2/c1-23-10-14(9-20-23)12-2-4-13(5-3-12)15-8-17(25-22-15)21-16(24)6-7-19-11-18/h2-5,14-15,17,19-20,22H,6-10H2,1H3,(H,21,24). The smallest absolute Gasteiger partial charge is 0.223 e. The van der Waals surface area contributed by atoms with Crippen molar-refractivity contribution in [3.8, 4) is 6.19 Å². The number of rotatable bonds is 6. The molecular formula is C17H24N6O2. The van der Waals surface area contributed by atoms with Gasteiger partial charge in [-0.25, -0.2) is 5.01 Å². The molecule has 134 valence electrons. The zero-order chi connectivity index (χ0) is 17.6. The van der Waals surface area contributed by atoms with E-state index in [0.717, 1.165) is 18.7 Å². The molecule has 2 saturated heterocycles. The predicted octanol–water partition coefficient (Wildman–Crippen LogP) is 0.0893. The second-order valence-corrected chi connectivity index (χ2v) is 6.48. The molecule has 1 aromatic carbocycles. The van der Waals surface area contributed by atoms with Crippen LogP contribution in [0.25, 0.3) is 0 Å². The summed E-state index contributed by atoms with van der Waals surface area (Å²) >= 11 is 0. The molecule has 2 heterocycles. The minimum atomic E-state index is -0.355. The van der Waals surface area contributed by atoms with Crippen LogP contribution >= 0.6 is 0 Å². The molecular weight excluding hydrogens is 320 g/mol. The summed E-state index contributed by atoms with van der Waals surface area (Å²) in [6.45, 7) is 2.31. The molecule has 8 heteroatoms. The fraction of sp³-hybridized carbons (Fsp3) is 0.529. The van der Waals surface area contributed by atoms with Gasteiger partial charge in [-0.15, -0.1) is 0 Å². The molecule has 1 aromatic rings. The van der Waals surface area contributed by atoms with Gasteiger partial charge in [0.05, 0.1) is 6.04 Å². The minimum Gasteiger partial charge on any atom is -0.329 e. The van der Waals surface area contributed by atoms with E-state index in [9.17, 15) is 4.79 Å². The molecule has 2 aliphatic heterocycles. The van der Waals surface area contributed by atoms with Crippen molar-refractivity contribution in [2.24, 2.45) is 0 Å². The van der Waals surface area contributed by atoms with Gasteiger partial charge >= 0.3 is 0 Å². The molecule has 3 atom stereocenters. The lowest BCUT2D eigenvalue weighted by atomic mass is 9.96. The van der Waals surface area contributed by atoms with Crippen LogP contribution in [0.5, 0.6) is 0 Å². The largest absolute Gasteiger partial charge is 0.329 e. The van der Waals surface area contributed by atoms with Crippen molar-refractivity contribution in [3.05, 3.63) is 35.4 Å². The average molecular weight is 344 g/mol. The first kappa shape index (κ1) is 17.6. The highest BCUT2D eigenvalue weighted by molar-refractivity contribution is 5.76. The number of hydroxylamine groups is 1. The van der Waals surface area contributed by atoms with Gasteiger partial charge in [-0.05, 0) is 11.1 Å². The van der Waals surface area contributed by atoms with Gasteiger partial charge < -0.3 is 10.6 Å². The summed E-state index contributed by atoms with van der Waals surface area (Å²) in [6.07, 6.45) is 2.36. The third-order valence-corrected chi connectivity index (χ3v) is 4.59. The van der Waals surface area contributed by atoms with Crippen LogP contribution in [-0.2, 0) is 9.63 Å². The predicted molar refractivity (Wildman–Crippen MR) is 91.6 cm³/mol. The quantitative estimate of drug-likeness (QED) is 0.330. The molecule has 25 heavy (non-hydrogen) atoms. The van der Waals surface area contributed by atoms with E-state index in [1.54, 1.807) is 6.19 Å². The number of likely N-dealkylation sites (N-methyl/N-ethyl adjacent to an activating group) is 1. The monoisotopic (exact) mass is 344 g/mol. The molecule has 1 amide bonds. The van der Waals surface area contributed by atoms with Crippen LogP contribution < -0.4 is 21.5 Å². The lowest BCUT2D eigenvalue weighted by Crippen LogP contribution is -2.36. The molecule has 0 aliphatic carbocycles. The van der Waals surface area contributed by atoms with Crippen molar-refractivity contribution in [2.75, 3.05) is 26.7 Å². The van der Waals surface area contributed by atoms with Crippen molar-refractivity contribution in [2.45, 2.75) is 31.0 Å². The van der Waals surface area contributed by atoms with Crippen molar-refractivity contribution >= 4 is 5.91 Å². The first-order chi connectivity index (χ1) is 12.2. The normalized spacial score (nSPS) is 26.3. The molecule has 0 bridgehead atoms. The molecule has 4 N–H and O–H groups in total. The summed E-state index contributed by atoms with van der Waals surface area (Å²) in [4.78, 5) is 17.2. The van der Waals surface area contributed by atoms with E-state index in [1.165, 1.54) is 5.56 Å². The second-order valence-electron chi connectivity index (χ2n) is 6.48. The summed E-state index contributed by atoms with van der Waals surface area (Å²) in [5, 5.41) is 15.8. The zero-order valence-corrected chi connectivity index (χ0v) is 14.3. The number of hydrogen-bond donors (Lipinski definition) is 4. The number of nitriles is 1. The van der Waals surface area contributed by atoms with Crippen LogP contribution in [-0.4, -0.2) is 43.8 Å². The number of amides is 1. The molecule has 0 aromatic heterocycles. The second kappa shape index (κ2) is 8.27. The maximum Gasteiger partial charge on any atom is 0.223 e. The molecule has 3 unspecified atom stereocenters. The van der Waals surface area contributed by atoms with Gasteiger partial charge in [0.1, 0.15) is 0 Å². The molecule has 0 spiro atoms. The Morgan fingerprint density at radius 2 is 2.16 bits per heavy atom. The van der Waals surface area contributed by atoms with Gasteiger partial charge in [-0.3, -0.25) is 15.1 Å². The van der Waals surface area contributed by atoms with Crippen molar-refractivity contribution in [3.63, 3.8) is 0 Å². The first-order valence-electron chi connectivity index (χ1n) is 8.52. The highest BCUT2D eigenvalue weighted by atomic mass is 16.7. The Kier molecular flexibility index (Phi) is 5.83. The van der Waals surface area contributed by atoms with E-state index in [1.807, 2.05) is 0 Å². The Labute approximate surface area is 147 Å². The van der Waals surface area contributed by atoms with Crippen molar-refractivity contribution in [1.29, 1.82) is 5.26 Å². The molecule has 3 rings (SSSR count). The number of hydrazine groups is 1. The number of benzene rings is 1. The molecule has 8 nitrogen and oxygen atoms in total. The number of nitrogens with one attached hydrogen (secondary N) is 4. The Morgan fingerprint density at radius 3 is 2.84 bits per heavy atom. The van der Waals surface area contributed by atoms with Gasteiger partial charge in [0.25, 0.3) is 0 Å². The average Bonchev–Trinajstić information content (AvgIpc) is 3.24. The third-order valence-electron chi connectivity index (χ3n) is 4.59. The van der Waals surface area contributed by atoms with Gasteiger partial charge in [-0.1, -0.05) is 24.3 Å².